The molecule has 94 valence electrons. The Morgan fingerprint density at radius 2 is 1.74 bits per heavy atom. The summed E-state index contributed by atoms with van der Waals surface area (Å²) in [5, 5.41) is 0.905. The molecule has 0 aliphatic rings. The standard InChI is InChI=1S/C15H12N2O2/c1-17-14(18)10-8-11-7-9-13(16-15(11)17)19-12-5-3-2-4-6-12/h2-10H,1H3. The van der Waals surface area contributed by atoms with Gasteiger partial charge in [0, 0.05) is 24.6 Å². The van der Waals surface area contributed by atoms with E-state index in [0.717, 1.165) is 11.1 Å². The van der Waals surface area contributed by atoms with Crippen molar-refractivity contribution in [2.75, 3.05) is 0 Å². The van der Waals surface area contributed by atoms with Crippen molar-refractivity contribution < 1.29 is 4.74 Å². The maximum atomic E-state index is 11.6. The zero-order valence-corrected chi connectivity index (χ0v) is 10.4. The number of nitrogens with zero attached hydrogens (tertiary/aromatic N) is 2. The molecule has 0 unspecified atom stereocenters. The van der Waals surface area contributed by atoms with Gasteiger partial charge in [0.2, 0.25) is 5.88 Å². The SMILES string of the molecule is Cn1c(=O)ccc2ccc(Oc3ccccc3)nc21. The lowest BCUT2D eigenvalue weighted by Crippen LogP contribution is -2.15. The van der Waals surface area contributed by atoms with E-state index in [0.29, 0.717) is 11.5 Å². The molecule has 0 bridgehead atoms. The van der Waals surface area contributed by atoms with Gasteiger partial charge in [-0.05, 0) is 24.3 Å². The first kappa shape index (κ1) is 11.5. The first-order valence-electron chi connectivity index (χ1n) is 5.94. The number of pyridine rings is 2. The van der Waals surface area contributed by atoms with Crippen molar-refractivity contribution in [3.63, 3.8) is 0 Å². The molecule has 3 rings (SSSR count). The van der Waals surface area contributed by atoms with Gasteiger partial charge in [-0.15, -0.1) is 0 Å². The summed E-state index contributed by atoms with van der Waals surface area (Å²) in [7, 11) is 1.70. The predicted octanol–water partition coefficient (Wildman–Crippen LogP) is 2.73. The summed E-state index contributed by atoms with van der Waals surface area (Å²) in [6, 6.07) is 16.4. The third kappa shape index (κ3) is 2.20. The number of fused-ring (bicyclic) bond motifs is 1. The van der Waals surface area contributed by atoms with Gasteiger partial charge in [0.25, 0.3) is 5.56 Å². The summed E-state index contributed by atoms with van der Waals surface area (Å²) >= 11 is 0. The number of rotatable bonds is 2. The molecule has 0 aliphatic heterocycles. The number of aromatic nitrogens is 2. The molecular formula is C15H12N2O2. The van der Waals surface area contributed by atoms with Gasteiger partial charge < -0.3 is 4.74 Å². The molecule has 3 aromatic rings. The summed E-state index contributed by atoms with van der Waals surface area (Å²) in [5.41, 5.74) is 0.526. The largest absolute Gasteiger partial charge is 0.439 e. The summed E-state index contributed by atoms with van der Waals surface area (Å²) < 4.78 is 7.16. The Kier molecular flexibility index (Phi) is 2.76. The Morgan fingerprint density at radius 3 is 2.53 bits per heavy atom. The van der Waals surface area contributed by atoms with Crippen LogP contribution in [0.4, 0.5) is 0 Å². The van der Waals surface area contributed by atoms with E-state index in [4.69, 9.17) is 4.74 Å². The van der Waals surface area contributed by atoms with Crippen LogP contribution in [0, 0.1) is 0 Å². The first-order valence-corrected chi connectivity index (χ1v) is 5.94. The lowest BCUT2D eigenvalue weighted by Gasteiger charge is -2.07. The van der Waals surface area contributed by atoms with E-state index < -0.39 is 0 Å². The normalized spacial score (nSPS) is 10.6. The van der Waals surface area contributed by atoms with Gasteiger partial charge in [-0.25, -0.2) is 0 Å². The Labute approximate surface area is 109 Å². The monoisotopic (exact) mass is 252 g/mol. The second-order valence-corrected chi connectivity index (χ2v) is 4.21. The average Bonchev–Trinajstić information content (AvgIpc) is 2.45. The van der Waals surface area contributed by atoms with Crippen molar-refractivity contribution in [3.05, 3.63) is 65.0 Å². The summed E-state index contributed by atoms with van der Waals surface area (Å²) in [6.45, 7) is 0. The molecule has 0 saturated carbocycles. The summed E-state index contributed by atoms with van der Waals surface area (Å²) in [6.07, 6.45) is 0. The quantitative estimate of drug-likeness (QED) is 0.704. The van der Waals surface area contributed by atoms with Gasteiger partial charge in [-0.1, -0.05) is 18.2 Å². The molecule has 0 N–H and O–H groups in total. The lowest BCUT2D eigenvalue weighted by molar-refractivity contribution is 0.464. The Balaban J connectivity index is 2.06. The van der Waals surface area contributed by atoms with E-state index in [1.54, 1.807) is 19.2 Å². The highest BCUT2D eigenvalue weighted by atomic mass is 16.5. The minimum Gasteiger partial charge on any atom is -0.439 e. The van der Waals surface area contributed by atoms with Crippen LogP contribution in [-0.4, -0.2) is 9.55 Å². The number of ether oxygens (including phenoxy) is 1. The number of para-hydroxylation sites is 1. The fourth-order valence-corrected chi connectivity index (χ4v) is 1.88. The third-order valence-electron chi connectivity index (χ3n) is 2.90. The van der Waals surface area contributed by atoms with Crippen molar-refractivity contribution in [2.45, 2.75) is 0 Å². The van der Waals surface area contributed by atoms with Crippen LogP contribution in [0.1, 0.15) is 0 Å². The van der Waals surface area contributed by atoms with E-state index in [1.165, 1.54) is 10.6 Å². The van der Waals surface area contributed by atoms with Crippen LogP contribution in [0.15, 0.2) is 59.4 Å². The molecule has 0 amide bonds. The second-order valence-electron chi connectivity index (χ2n) is 4.21. The Hall–Kier alpha value is -2.62. The molecule has 0 atom stereocenters. The lowest BCUT2D eigenvalue weighted by atomic mass is 10.3. The highest BCUT2D eigenvalue weighted by Gasteiger charge is 2.04. The molecule has 0 fully saturated rings. The number of hydrogen-bond donors (Lipinski definition) is 0. The molecule has 4 heteroatoms. The zero-order chi connectivity index (χ0) is 13.2. The highest BCUT2D eigenvalue weighted by molar-refractivity contribution is 5.75. The van der Waals surface area contributed by atoms with E-state index in [1.807, 2.05) is 36.4 Å². The number of hydrogen-bond acceptors (Lipinski definition) is 3. The van der Waals surface area contributed by atoms with E-state index in [-0.39, 0.29) is 5.56 Å². The molecule has 0 saturated heterocycles. The van der Waals surface area contributed by atoms with Crippen molar-refractivity contribution in [3.8, 4) is 11.6 Å². The second kappa shape index (κ2) is 4.57. The maximum Gasteiger partial charge on any atom is 0.251 e. The van der Waals surface area contributed by atoms with E-state index >= 15 is 0 Å². The zero-order valence-electron chi connectivity index (χ0n) is 10.4. The molecule has 4 nitrogen and oxygen atoms in total. The highest BCUT2D eigenvalue weighted by Crippen LogP contribution is 2.21. The van der Waals surface area contributed by atoms with Gasteiger partial charge >= 0.3 is 0 Å². The summed E-state index contributed by atoms with van der Waals surface area (Å²) in [5.74, 6) is 1.19. The van der Waals surface area contributed by atoms with Crippen LogP contribution >= 0.6 is 0 Å². The van der Waals surface area contributed by atoms with E-state index in [9.17, 15) is 4.79 Å². The predicted molar refractivity (Wildman–Crippen MR) is 73.5 cm³/mol. The van der Waals surface area contributed by atoms with Crippen LogP contribution < -0.4 is 10.3 Å². The molecule has 2 aromatic heterocycles. The molecular weight excluding hydrogens is 240 g/mol. The molecule has 0 aliphatic carbocycles. The minimum atomic E-state index is -0.0862. The third-order valence-corrected chi connectivity index (χ3v) is 2.90. The van der Waals surface area contributed by atoms with Crippen molar-refractivity contribution >= 4 is 11.0 Å². The van der Waals surface area contributed by atoms with Crippen LogP contribution in [0.5, 0.6) is 11.6 Å². The van der Waals surface area contributed by atoms with Crippen LogP contribution in [0.3, 0.4) is 0 Å². The molecule has 1 aromatic carbocycles. The van der Waals surface area contributed by atoms with Crippen molar-refractivity contribution in [2.24, 2.45) is 7.05 Å². The number of benzene rings is 1. The summed E-state index contributed by atoms with van der Waals surface area (Å²) in [4.78, 5) is 16.0. The van der Waals surface area contributed by atoms with Crippen LogP contribution in [-0.2, 0) is 7.05 Å². The number of aryl methyl sites for hydroxylation is 1. The molecule has 19 heavy (non-hydrogen) atoms. The topological polar surface area (TPSA) is 44.1 Å². The smallest absolute Gasteiger partial charge is 0.251 e. The van der Waals surface area contributed by atoms with Gasteiger partial charge in [0.15, 0.2) is 0 Å². The fraction of sp³-hybridized carbons (Fsp3) is 0.0667. The Morgan fingerprint density at radius 1 is 1.00 bits per heavy atom. The van der Waals surface area contributed by atoms with Crippen molar-refractivity contribution in [1.29, 1.82) is 0 Å². The maximum absolute atomic E-state index is 11.6. The van der Waals surface area contributed by atoms with Crippen molar-refractivity contribution in [1.82, 2.24) is 9.55 Å². The van der Waals surface area contributed by atoms with Crippen LogP contribution in [0.25, 0.3) is 11.0 Å². The molecule has 0 spiro atoms. The van der Waals surface area contributed by atoms with Gasteiger partial charge in [0.05, 0.1) is 0 Å². The van der Waals surface area contributed by atoms with E-state index in [2.05, 4.69) is 4.98 Å². The van der Waals surface area contributed by atoms with Crippen LogP contribution in [0.2, 0.25) is 0 Å². The van der Waals surface area contributed by atoms with Gasteiger partial charge in [0.1, 0.15) is 11.4 Å². The van der Waals surface area contributed by atoms with Gasteiger partial charge in [-0.2, -0.15) is 4.98 Å². The van der Waals surface area contributed by atoms with Gasteiger partial charge in [-0.3, -0.25) is 9.36 Å². The molecule has 0 radical (unpaired) electrons. The average molecular weight is 252 g/mol. The fourth-order valence-electron chi connectivity index (χ4n) is 1.88. The minimum absolute atomic E-state index is 0.0862. The molecule has 2 heterocycles. The first-order chi connectivity index (χ1) is 9.24. The Bertz CT molecular complexity index is 779.